The third-order valence-electron chi connectivity index (χ3n) is 4.21. The number of nitrogens with zero attached hydrogens (tertiary/aromatic N) is 1. The summed E-state index contributed by atoms with van der Waals surface area (Å²) in [5, 5.41) is 13.7. The van der Waals surface area contributed by atoms with Gasteiger partial charge in [0.15, 0.2) is 0 Å². The SMILES string of the molecule is CCC(O)(CC)CNCC(c1cccc(OC)c1)N(C)C. The van der Waals surface area contributed by atoms with E-state index in [9.17, 15) is 5.11 Å². The van der Waals surface area contributed by atoms with E-state index in [4.69, 9.17) is 4.74 Å². The Labute approximate surface area is 129 Å². The van der Waals surface area contributed by atoms with Gasteiger partial charge in [-0.2, -0.15) is 0 Å². The Morgan fingerprint density at radius 3 is 2.48 bits per heavy atom. The predicted molar refractivity (Wildman–Crippen MR) is 87.8 cm³/mol. The van der Waals surface area contributed by atoms with Crippen molar-refractivity contribution in [1.82, 2.24) is 10.2 Å². The summed E-state index contributed by atoms with van der Waals surface area (Å²) in [5.74, 6) is 0.873. The first-order valence-corrected chi connectivity index (χ1v) is 7.69. The van der Waals surface area contributed by atoms with E-state index < -0.39 is 5.60 Å². The summed E-state index contributed by atoms with van der Waals surface area (Å²) >= 11 is 0. The van der Waals surface area contributed by atoms with Crippen molar-refractivity contribution in [3.63, 3.8) is 0 Å². The van der Waals surface area contributed by atoms with Crippen molar-refractivity contribution in [3.05, 3.63) is 29.8 Å². The molecule has 0 aromatic heterocycles. The second-order valence-corrected chi connectivity index (χ2v) is 5.82. The normalized spacial score (nSPS) is 13.5. The van der Waals surface area contributed by atoms with Crippen molar-refractivity contribution in [2.45, 2.75) is 38.3 Å². The van der Waals surface area contributed by atoms with Crippen molar-refractivity contribution in [2.24, 2.45) is 0 Å². The summed E-state index contributed by atoms with van der Waals surface area (Å²) < 4.78 is 5.30. The quantitative estimate of drug-likeness (QED) is 0.734. The standard InChI is InChI=1S/C17H30N2O2/c1-6-17(20,7-2)13-18-12-16(19(3)4)14-9-8-10-15(11-14)21-5/h8-11,16,18,20H,6-7,12-13H2,1-5H3. The number of benzene rings is 1. The van der Waals surface area contributed by atoms with E-state index in [2.05, 4.69) is 36.4 Å². The molecule has 1 aromatic carbocycles. The first kappa shape index (κ1) is 18.0. The van der Waals surface area contributed by atoms with Crippen LogP contribution < -0.4 is 10.1 Å². The van der Waals surface area contributed by atoms with E-state index in [1.165, 1.54) is 5.56 Å². The maximum absolute atomic E-state index is 10.3. The van der Waals surface area contributed by atoms with E-state index in [0.29, 0.717) is 6.54 Å². The van der Waals surface area contributed by atoms with Gasteiger partial charge < -0.3 is 20.1 Å². The molecule has 0 amide bonds. The van der Waals surface area contributed by atoms with Gasteiger partial charge in [-0.15, -0.1) is 0 Å². The van der Waals surface area contributed by atoms with Crippen LogP contribution in [0.15, 0.2) is 24.3 Å². The molecule has 4 heteroatoms. The first-order chi connectivity index (χ1) is 9.95. The highest BCUT2D eigenvalue weighted by Crippen LogP contribution is 2.22. The molecular weight excluding hydrogens is 264 g/mol. The van der Waals surface area contributed by atoms with Crippen molar-refractivity contribution >= 4 is 0 Å². The summed E-state index contributed by atoms with van der Waals surface area (Å²) in [6, 6.07) is 8.40. The molecule has 0 aliphatic carbocycles. The van der Waals surface area contributed by atoms with Gasteiger partial charge in [0.05, 0.1) is 12.7 Å². The van der Waals surface area contributed by atoms with E-state index in [0.717, 1.165) is 25.1 Å². The molecule has 2 N–H and O–H groups in total. The van der Waals surface area contributed by atoms with Crippen molar-refractivity contribution < 1.29 is 9.84 Å². The highest BCUT2D eigenvalue weighted by molar-refractivity contribution is 5.30. The molecule has 0 saturated carbocycles. The Morgan fingerprint density at radius 1 is 1.29 bits per heavy atom. The van der Waals surface area contributed by atoms with Crippen LogP contribution >= 0.6 is 0 Å². The lowest BCUT2D eigenvalue weighted by molar-refractivity contribution is 0.0312. The van der Waals surface area contributed by atoms with Gasteiger partial charge in [-0.25, -0.2) is 0 Å². The minimum atomic E-state index is -0.606. The molecule has 21 heavy (non-hydrogen) atoms. The van der Waals surface area contributed by atoms with Crippen LogP contribution in [0.2, 0.25) is 0 Å². The second-order valence-electron chi connectivity index (χ2n) is 5.82. The van der Waals surface area contributed by atoms with Gasteiger partial charge in [0.25, 0.3) is 0 Å². The van der Waals surface area contributed by atoms with Gasteiger partial charge in [-0.3, -0.25) is 0 Å². The average Bonchev–Trinajstić information content (AvgIpc) is 2.51. The van der Waals surface area contributed by atoms with Crippen LogP contribution in [0.5, 0.6) is 5.75 Å². The largest absolute Gasteiger partial charge is 0.497 e. The Kier molecular flexibility index (Phi) is 7.15. The summed E-state index contributed by atoms with van der Waals surface area (Å²) in [5.41, 5.74) is 0.606. The zero-order chi connectivity index (χ0) is 15.9. The molecule has 120 valence electrons. The molecule has 1 rings (SSSR count). The molecule has 0 heterocycles. The topological polar surface area (TPSA) is 44.7 Å². The zero-order valence-electron chi connectivity index (χ0n) is 14.0. The fourth-order valence-electron chi connectivity index (χ4n) is 2.39. The van der Waals surface area contributed by atoms with E-state index >= 15 is 0 Å². The van der Waals surface area contributed by atoms with Crippen LogP contribution in [0.25, 0.3) is 0 Å². The summed E-state index contributed by atoms with van der Waals surface area (Å²) in [6.07, 6.45) is 1.53. The molecule has 4 nitrogen and oxygen atoms in total. The third-order valence-corrected chi connectivity index (χ3v) is 4.21. The summed E-state index contributed by atoms with van der Waals surface area (Å²) in [4.78, 5) is 2.18. The highest BCUT2D eigenvalue weighted by atomic mass is 16.5. The summed E-state index contributed by atoms with van der Waals surface area (Å²) in [6.45, 7) is 5.46. The lowest BCUT2D eigenvalue weighted by atomic mass is 9.97. The lowest BCUT2D eigenvalue weighted by Gasteiger charge is -2.29. The lowest BCUT2D eigenvalue weighted by Crippen LogP contribution is -2.42. The molecule has 0 saturated heterocycles. The van der Waals surface area contributed by atoms with Gasteiger partial charge in [0.2, 0.25) is 0 Å². The van der Waals surface area contributed by atoms with Crippen LogP contribution in [0.3, 0.4) is 0 Å². The van der Waals surface area contributed by atoms with E-state index in [1.54, 1.807) is 7.11 Å². The number of hydrogen-bond acceptors (Lipinski definition) is 4. The number of aliphatic hydroxyl groups is 1. The number of rotatable bonds is 9. The van der Waals surface area contributed by atoms with Gasteiger partial charge in [-0.05, 0) is 44.6 Å². The predicted octanol–water partition coefficient (Wildman–Crippen LogP) is 2.44. The molecule has 0 radical (unpaired) electrons. The number of hydrogen-bond donors (Lipinski definition) is 2. The van der Waals surface area contributed by atoms with Crippen molar-refractivity contribution in [3.8, 4) is 5.75 Å². The fourth-order valence-corrected chi connectivity index (χ4v) is 2.39. The average molecular weight is 294 g/mol. The monoisotopic (exact) mass is 294 g/mol. The third kappa shape index (κ3) is 5.30. The van der Waals surface area contributed by atoms with Crippen LogP contribution in [0.4, 0.5) is 0 Å². The van der Waals surface area contributed by atoms with Crippen LogP contribution in [-0.4, -0.2) is 49.9 Å². The number of methoxy groups -OCH3 is 1. The molecule has 1 atom stereocenters. The molecule has 0 fully saturated rings. The van der Waals surface area contributed by atoms with Gasteiger partial charge in [0.1, 0.15) is 5.75 Å². The highest BCUT2D eigenvalue weighted by Gasteiger charge is 2.22. The van der Waals surface area contributed by atoms with Crippen LogP contribution in [-0.2, 0) is 0 Å². The van der Waals surface area contributed by atoms with Crippen molar-refractivity contribution in [2.75, 3.05) is 34.3 Å². The molecule has 0 aliphatic rings. The summed E-state index contributed by atoms with van der Waals surface area (Å²) in [7, 11) is 5.82. The molecule has 0 spiro atoms. The minimum absolute atomic E-state index is 0.248. The second kappa shape index (κ2) is 8.37. The van der Waals surface area contributed by atoms with E-state index in [1.807, 2.05) is 26.0 Å². The smallest absolute Gasteiger partial charge is 0.119 e. The maximum atomic E-state index is 10.3. The number of nitrogens with one attached hydrogen (secondary N) is 1. The van der Waals surface area contributed by atoms with E-state index in [-0.39, 0.29) is 6.04 Å². The molecule has 0 bridgehead atoms. The zero-order valence-corrected chi connectivity index (χ0v) is 14.0. The Hall–Kier alpha value is -1.10. The fraction of sp³-hybridized carbons (Fsp3) is 0.647. The van der Waals surface area contributed by atoms with Crippen LogP contribution in [0, 0.1) is 0 Å². The van der Waals surface area contributed by atoms with Gasteiger partial charge >= 0.3 is 0 Å². The number of likely N-dealkylation sites (N-methyl/N-ethyl adjacent to an activating group) is 1. The molecule has 0 aliphatic heterocycles. The van der Waals surface area contributed by atoms with Gasteiger partial charge in [0, 0.05) is 19.1 Å². The minimum Gasteiger partial charge on any atom is -0.497 e. The maximum Gasteiger partial charge on any atom is 0.119 e. The Balaban J connectivity index is 2.70. The Morgan fingerprint density at radius 2 is 1.95 bits per heavy atom. The molecular formula is C17H30N2O2. The van der Waals surface area contributed by atoms with Crippen LogP contribution in [0.1, 0.15) is 38.3 Å². The van der Waals surface area contributed by atoms with Gasteiger partial charge in [-0.1, -0.05) is 26.0 Å². The first-order valence-electron chi connectivity index (χ1n) is 7.69. The molecule has 1 aromatic rings. The molecule has 1 unspecified atom stereocenters. The van der Waals surface area contributed by atoms with Crippen molar-refractivity contribution in [1.29, 1.82) is 0 Å². The Bertz CT molecular complexity index is 417. The number of ether oxygens (including phenoxy) is 1.